The van der Waals surface area contributed by atoms with Crippen LogP contribution in [0.1, 0.15) is 12.0 Å². The van der Waals surface area contributed by atoms with Crippen molar-refractivity contribution in [1.29, 1.82) is 0 Å². The van der Waals surface area contributed by atoms with Crippen LogP contribution in [0.25, 0.3) is 0 Å². The number of hydrogen-bond donors (Lipinski definition) is 0. The number of rotatable bonds is 4. The lowest BCUT2D eigenvalue weighted by molar-refractivity contribution is -0.310. The van der Waals surface area contributed by atoms with Gasteiger partial charge in [-0.1, -0.05) is 36.1 Å². The summed E-state index contributed by atoms with van der Waals surface area (Å²) in [5.41, 5.74) is 0.858. The standard InChI is InChI=1S/C15H14O4/c1-19-15(18)13(14(16)17)11-7-3-6-10-12-8-4-2-5-9-12/h2-5,7-9,13H,11H2,1H3,(H,16,17)/p-1/b7-3+. The van der Waals surface area contributed by atoms with Gasteiger partial charge < -0.3 is 14.6 Å². The van der Waals surface area contributed by atoms with E-state index >= 15 is 0 Å². The van der Waals surface area contributed by atoms with Gasteiger partial charge in [0.15, 0.2) is 0 Å². The van der Waals surface area contributed by atoms with Gasteiger partial charge in [-0.2, -0.15) is 0 Å². The molecule has 0 N–H and O–H groups in total. The van der Waals surface area contributed by atoms with E-state index in [-0.39, 0.29) is 6.42 Å². The van der Waals surface area contributed by atoms with Crippen LogP contribution in [0.4, 0.5) is 0 Å². The smallest absolute Gasteiger partial charge is 0.314 e. The molecule has 0 aliphatic carbocycles. The maximum atomic E-state index is 11.1. The van der Waals surface area contributed by atoms with Gasteiger partial charge in [-0.15, -0.1) is 0 Å². The maximum absolute atomic E-state index is 11.1. The van der Waals surface area contributed by atoms with E-state index in [2.05, 4.69) is 16.6 Å². The molecule has 1 unspecified atom stereocenters. The summed E-state index contributed by atoms with van der Waals surface area (Å²) in [7, 11) is 1.14. The molecule has 0 fully saturated rings. The molecule has 1 rings (SSSR count). The van der Waals surface area contributed by atoms with Crippen molar-refractivity contribution >= 4 is 11.9 Å². The molecule has 0 aliphatic heterocycles. The second kappa shape index (κ2) is 7.72. The molecule has 0 radical (unpaired) electrons. The van der Waals surface area contributed by atoms with E-state index in [4.69, 9.17) is 0 Å². The summed E-state index contributed by atoms with van der Waals surface area (Å²) in [6, 6.07) is 9.36. The molecule has 0 amide bonds. The van der Waals surface area contributed by atoms with E-state index in [0.29, 0.717) is 0 Å². The Hall–Kier alpha value is -2.54. The van der Waals surface area contributed by atoms with Gasteiger partial charge in [-0.3, -0.25) is 4.79 Å². The van der Waals surface area contributed by atoms with Crippen LogP contribution in [0.2, 0.25) is 0 Å². The number of carboxylic acids is 1. The van der Waals surface area contributed by atoms with Crippen LogP contribution in [0.3, 0.4) is 0 Å². The number of allylic oxidation sites excluding steroid dienone is 2. The van der Waals surface area contributed by atoms with Crippen molar-refractivity contribution in [2.24, 2.45) is 5.92 Å². The number of ether oxygens (including phenoxy) is 1. The van der Waals surface area contributed by atoms with Crippen molar-refractivity contribution in [3.05, 3.63) is 48.0 Å². The minimum Gasteiger partial charge on any atom is -0.549 e. The zero-order chi connectivity index (χ0) is 14.1. The SMILES string of the molecule is COC(=O)C(C/C=C/C#Cc1ccccc1)C(=O)[O-]. The maximum Gasteiger partial charge on any atom is 0.314 e. The van der Waals surface area contributed by atoms with Crippen LogP contribution in [-0.4, -0.2) is 19.0 Å². The van der Waals surface area contributed by atoms with Gasteiger partial charge in [0, 0.05) is 5.56 Å². The first kappa shape index (κ1) is 14.5. The largest absolute Gasteiger partial charge is 0.549 e. The van der Waals surface area contributed by atoms with Crippen LogP contribution >= 0.6 is 0 Å². The summed E-state index contributed by atoms with van der Waals surface area (Å²) in [5.74, 6) is 2.07. The number of aliphatic carboxylic acids is 1. The van der Waals surface area contributed by atoms with E-state index in [0.717, 1.165) is 12.7 Å². The Kier molecular flexibility index (Phi) is 5.90. The molecule has 4 nitrogen and oxygen atoms in total. The predicted molar refractivity (Wildman–Crippen MR) is 67.6 cm³/mol. The minimum atomic E-state index is -1.45. The van der Waals surface area contributed by atoms with Gasteiger partial charge in [-0.05, 0) is 24.6 Å². The number of hydrogen-bond acceptors (Lipinski definition) is 4. The van der Waals surface area contributed by atoms with Crippen molar-refractivity contribution in [3.63, 3.8) is 0 Å². The summed E-state index contributed by atoms with van der Waals surface area (Å²) >= 11 is 0. The minimum absolute atomic E-state index is 0.00151. The Labute approximate surface area is 111 Å². The lowest BCUT2D eigenvalue weighted by Crippen LogP contribution is -2.36. The zero-order valence-electron chi connectivity index (χ0n) is 10.5. The lowest BCUT2D eigenvalue weighted by atomic mass is 10.1. The summed E-state index contributed by atoms with van der Waals surface area (Å²) in [5, 5.41) is 10.7. The van der Waals surface area contributed by atoms with Gasteiger partial charge in [0.1, 0.15) is 0 Å². The number of methoxy groups -OCH3 is 1. The number of carboxylic acid groups (broad SMARTS) is 1. The van der Waals surface area contributed by atoms with Gasteiger partial charge in [0.25, 0.3) is 0 Å². The van der Waals surface area contributed by atoms with E-state index in [1.165, 1.54) is 12.2 Å². The van der Waals surface area contributed by atoms with Crippen molar-refractivity contribution < 1.29 is 19.4 Å². The third kappa shape index (κ3) is 5.09. The number of carbonyl (C=O) groups is 2. The molecule has 0 spiro atoms. The van der Waals surface area contributed by atoms with Gasteiger partial charge in [-0.25, -0.2) is 0 Å². The molecule has 1 atom stereocenters. The quantitative estimate of drug-likeness (QED) is 0.448. The number of esters is 1. The van der Waals surface area contributed by atoms with Crippen LogP contribution < -0.4 is 5.11 Å². The normalized spacial score (nSPS) is 11.4. The van der Waals surface area contributed by atoms with Crippen LogP contribution in [0.15, 0.2) is 42.5 Å². The summed E-state index contributed by atoms with van der Waals surface area (Å²) in [6.45, 7) is 0. The van der Waals surface area contributed by atoms with Crippen LogP contribution in [0.5, 0.6) is 0 Å². The Morgan fingerprint density at radius 1 is 1.37 bits per heavy atom. The summed E-state index contributed by atoms with van der Waals surface area (Å²) in [6.07, 6.45) is 3.01. The highest BCUT2D eigenvalue weighted by Gasteiger charge is 2.18. The molecule has 0 aromatic heterocycles. The average Bonchev–Trinajstić information content (AvgIpc) is 2.42. The second-order valence-electron chi connectivity index (χ2n) is 3.67. The van der Waals surface area contributed by atoms with Crippen molar-refractivity contribution in [2.45, 2.75) is 6.42 Å². The number of benzene rings is 1. The Morgan fingerprint density at radius 3 is 2.63 bits per heavy atom. The fourth-order valence-electron chi connectivity index (χ4n) is 1.34. The van der Waals surface area contributed by atoms with Gasteiger partial charge >= 0.3 is 5.97 Å². The molecule has 0 aliphatic rings. The van der Waals surface area contributed by atoms with Gasteiger partial charge in [0.05, 0.1) is 19.0 Å². The van der Waals surface area contributed by atoms with E-state index in [9.17, 15) is 14.7 Å². The Morgan fingerprint density at radius 2 is 2.05 bits per heavy atom. The molecule has 0 heterocycles. The second-order valence-corrected chi connectivity index (χ2v) is 3.67. The van der Waals surface area contributed by atoms with E-state index in [1.54, 1.807) is 0 Å². The van der Waals surface area contributed by atoms with Crippen molar-refractivity contribution in [3.8, 4) is 11.8 Å². The van der Waals surface area contributed by atoms with Gasteiger partial charge in [0.2, 0.25) is 0 Å². The average molecular weight is 257 g/mol. The molecule has 19 heavy (non-hydrogen) atoms. The topological polar surface area (TPSA) is 66.4 Å². The molecule has 4 heteroatoms. The van der Waals surface area contributed by atoms with E-state index < -0.39 is 17.9 Å². The molecule has 98 valence electrons. The Bertz CT molecular complexity index is 520. The van der Waals surface area contributed by atoms with E-state index in [1.807, 2.05) is 30.3 Å². The van der Waals surface area contributed by atoms with Crippen LogP contribution in [0, 0.1) is 17.8 Å². The number of carbonyl (C=O) groups excluding carboxylic acids is 2. The zero-order valence-corrected chi connectivity index (χ0v) is 10.5. The molecule has 1 aromatic carbocycles. The monoisotopic (exact) mass is 257 g/mol. The van der Waals surface area contributed by atoms with Crippen molar-refractivity contribution in [1.82, 2.24) is 0 Å². The third-order valence-electron chi connectivity index (χ3n) is 2.33. The lowest BCUT2D eigenvalue weighted by Gasteiger charge is -2.12. The molecular weight excluding hydrogens is 244 g/mol. The summed E-state index contributed by atoms with van der Waals surface area (Å²) in [4.78, 5) is 21.8. The first-order chi connectivity index (χ1) is 9.15. The summed E-state index contributed by atoms with van der Waals surface area (Å²) < 4.78 is 4.37. The highest BCUT2D eigenvalue weighted by atomic mass is 16.5. The highest BCUT2D eigenvalue weighted by molar-refractivity contribution is 5.93. The fraction of sp³-hybridized carbons (Fsp3) is 0.200. The third-order valence-corrected chi connectivity index (χ3v) is 2.33. The van der Waals surface area contributed by atoms with Crippen LogP contribution in [-0.2, 0) is 14.3 Å². The molecule has 1 aromatic rings. The Balaban J connectivity index is 2.56. The van der Waals surface area contributed by atoms with Crippen molar-refractivity contribution in [2.75, 3.05) is 7.11 Å². The molecule has 0 bridgehead atoms. The fourth-order valence-corrected chi connectivity index (χ4v) is 1.34. The first-order valence-corrected chi connectivity index (χ1v) is 5.65. The molecule has 0 saturated carbocycles. The predicted octanol–water partition coefficient (Wildman–Crippen LogP) is 0.523. The molecular formula is C15H13O4-. The highest BCUT2D eigenvalue weighted by Crippen LogP contribution is 2.05. The first-order valence-electron chi connectivity index (χ1n) is 5.65. The molecule has 0 saturated heterocycles.